The van der Waals surface area contributed by atoms with Gasteiger partial charge in [-0.05, 0) is 12.1 Å². The van der Waals surface area contributed by atoms with Gasteiger partial charge in [-0.15, -0.1) is 0 Å². The molecule has 0 fully saturated rings. The Balaban J connectivity index is 1.94. The Hall–Kier alpha value is -1.77. The molecule has 0 saturated heterocycles. The summed E-state index contributed by atoms with van der Waals surface area (Å²) in [5.41, 5.74) is 2.21. The van der Waals surface area contributed by atoms with Crippen molar-refractivity contribution in [3.63, 3.8) is 0 Å². The number of anilines is 1. The first-order chi connectivity index (χ1) is 6.45. The van der Waals surface area contributed by atoms with Crippen LogP contribution in [-0.4, -0.2) is 9.97 Å². The first kappa shape index (κ1) is 7.86. The number of hydrogen-bond donors (Lipinski definition) is 2. The number of aromatic amines is 1. The van der Waals surface area contributed by atoms with Gasteiger partial charge in [0.05, 0.1) is 18.6 Å². The van der Waals surface area contributed by atoms with Gasteiger partial charge >= 0.3 is 0 Å². The predicted molar refractivity (Wildman–Crippen MR) is 52.4 cm³/mol. The van der Waals surface area contributed by atoms with E-state index in [1.165, 1.54) is 0 Å². The molecule has 3 nitrogen and oxygen atoms in total. The third kappa shape index (κ3) is 2.08. The molecule has 0 saturated carbocycles. The first-order valence-corrected chi connectivity index (χ1v) is 4.21. The smallest absolute Gasteiger partial charge is 0.0922 e. The van der Waals surface area contributed by atoms with Crippen molar-refractivity contribution in [3.8, 4) is 0 Å². The predicted octanol–water partition coefficient (Wildman–Crippen LogP) is 2.02. The van der Waals surface area contributed by atoms with E-state index in [1.54, 1.807) is 6.33 Å². The SMILES string of the molecule is c1ccc(NCc2cnc[nH]2)cc1. The van der Waals surface area contributed by atoms with Crippen LogP contribution >= 0.6 is 0 Å². The van der Waals surface area contributed by atoms with Crippen molar-refractivity contribution in [1.82, 2.24) is 9.97 Å². The summed E-state index contributed by atoms with van der Waals surface area (Å²) < 4.78 is 0. The standard InChI is InChI=1S/C10H11N3/c1-2-4-9(5-3-1)12-7-10-6-11-8-13-10/h1-6,8,12H,7H2,(H,11,13). The van der Waals surface area contributed by atoms with Crippen LogP contribution in [0.2, 0.25) is 0 Å². The lowest BCUT2D eigenvalue weighted by Gasteiger charge is -2.02. The second-order valence-corrected chi connectivity index (χ2v) is 2.80. The molecular weight excluding hydrogens is 162 g/mol. The second kappa shape index (κ2) is 3.76. The Labute approximate surface area is 76.8 Å². The number of nitrogens with zero attached hydrogens (tertiary/aromatic N) is 1. The van der Waals surface area contributed by atoms with Crippen molar-refractivity contribution in [2.75, 3.05) is 5.32 Å². The zero-order valence-corrected chi connectivity index (χ0v) is 7.20. The Kier molecular flexibility index (Phi) is 2.27. The van der Waals surface area contributed by atoms with E-state index in [-0.39, 0.29) is 0 Å². The minimum atomic E-state index is 0.782. The Morgan fingerprint density at radius 2 is 2.08 bits per heavy atom. The van der Waals surface area contributed by atoms with Crippen LogP contribution < -0.4 is 5.32 Å². The van der Waals surface area contributed by atoms with Crippen molar-refractivity contribution < 1.29 is 0 Å². The number of H-pyrrole nitrogens is 1. The third-order valence-electron chi connectivity index (χ3n) is 1.81. The molecule has 2 rings (SSSR count). The molecule has 0 bridgehead atoms. The van der Waals surface area contributed by atoms with Gasteiger partial charge in [0.15, 0.2) is 0 Å². The molecule has 0 aliphatic carbocycles. The van der Waals surface area contributed by atoms with E-state index in [2.05, 4.69) is 15.3 Å². The van der Waals surface area contributed by atoms with Gasteiger partial charge in [-0.1, -0.05) is 18.2 Å². The van der Waals surface area contributed by atoms with E-state index >= 15 is 0 Å². The van der Waals surface area contributed by atoms with E-state index in [0.29, 0.717) is 0 Å². The maximum atomic E-state index is 3.94. The lowest BCUT2D eigenvalue weighted by Crippen LogP contribution is -1.98. The molecule has 1 aromatic carbocycles. The lowest BCUT2D eigenvalue weighted by molar-refractivity contribution is 1.07. The van der Waals surface area contributed by atoms with Gasteiger partial charge < -0.3 is 10.3 Å². The summed E-state index contributed by atoms with van der Waals surface area (Å²) in [5.74, 6) is 0. The van der Waals surface area contributed by atoms with E-state index in [0.717, 1.165) is 17.9 Å². The molecule has 1 heterocycles. The van der Waals surface area contributed by atoms with E-state index < -0.39 is 0 Å². The van der Waals surface area contributed by atoms with Crippen LogP contribution in [0.1, 0.15) is 5.69 Å². The average molecular weight is 173 g/mol. The molecule has 0 radical (unpaired) electrons. The fourth-order valence-electron chi connectivity index (χ4n) is 1.13. The topological polar surface area (TPSA) is 40.7 Å². The van der Waals surface area contributed by atoms with Gasteiger partial charge in [0.1, 0.15) is 0 Å². The monoisotopic (exact) mass is 173 g/mol. The number of rotatable bonds is 3. The maximum absolute atomic E-state index is 3.94. The van der Waals surface area contributed by atoms with Gasteiger partial charge in [-0.25, -0.2) is 4.98 Å². The summed E-state index contributed by atoms with van der Waals surface area (Å²) in [6, 6.07) is 10.1. The van der Waals surface area contributed by atoms with Crippen molar-refractivity contribution >= 4 is 5.69 Å². The second-order valence-electron chi connectivity index (χ2n) is 2.80. The molecule has 0 atom stereocenters. The molecule has 2 aromatic rings. The molecule has 13 heavy (non-hydrogen) atoms. The number of benzene rings is 1. The third-order valence-corrected chi connectivity index (χ3v) is 1.81. The first-order valence-electron chi connectivity index (χ1n) is 4.21. The van der Waals surface area contributed by atoms with Crippen LogP contribution in [0.4, 0.5) is 5.69 Å². The minimum absolute atomic E-state index is 0.782. The average Bonchev–Trinajstić information content (AvgIpc) is 2.69. The van der Waals surface area contributed by atoms with Crippen LogP contribution in [-0.2, 0) is 6.54 Å². The highest BCUT2D eigenvalue weighted by Gasteiger charge is 1.92. The highest BCUT2D eigenvalue weighted by atomic mass is 14.9. The summed E-state index contributed by atoms with van der Waals surface area (Å²) in [5, 5.41) is 3.28. The van der Waals surface area contributed by atoms with Gasteiger partial charge in [0.25, 0.3) is 0 Å². The molecule has 3 heteroatoms. The van der Waals surface area contributed by atoms with E-state index in [1.807, 2.05) is 36.5 Å². The number of para-hydroxylation sites is 1. The van der Waals surface area contributed by atoms with Gasteiger partial charge in [0.2, 0.25) is 0 Å². The summed E-state index contributed by atoms with van der Waals surface area (Å²) >= 11 is 0. The number of imidazole rings is 1. The fourth-order valence-corrected chi connectivity index (χ4v) is 1.13. The zero-order valence-electron chi connectivity index (χ0n) is 7.20. The fraction of sp³-hybridized carbons (Fsp3) is 0.100. The van der Waals surface area contributed by atoms with Crippen molar-refractivity contribution in [1.29, 1.82) is 0 Å². The quantitative estimate of drug-likeness (QED) is 0.745. The molecule has 0 aliphatic heterocycles. The number of nitrogens with one attached hydrogen (secondary N) is 2. The Morgan fingerprint density at radius 1 is 1.23 bits per heavy atom. The lowest BCUT2D eigenvalue weighted by atomic mass is 10.3. The zero-order chi connectivity index (χ0) is 8.93. The van der Waals surface area contributed by atoms with E-state index in [4.69, 9.17) is 0 Å². The van der Waals surface area contributed by atoms with Crippen molar-refractivity contribution in [2.45, 2.75) is 6.54 Å². The molecular formula is C10H11N3. The Bertz CT molecular complexity index is 340. The molecule has 0 unspecified atom stereocenters. The van der Waals surface area contributed by atoms with Gasteiger partial charge in [-0.3, -0.25) is 0 Å². The van der Waals surface area contributed by atoms with Crippen molar-refractivity contribution in [2.24, 2.45) is 0 Å². The van der Waals surface area contributed by atoms with E-state index in [9.17, 15) is 0 Å². The summed E-state index contributed by atoms with van der Waals surface area (Å²) in [6.45, 7) is 0.782. The maximum Gasteiger partial charge on any atom is 0.0922 e. The normalized spacial score (nSPS) is 9.85. The summed E-state index contributed by atoms with van der Waals surface area (Å²) in [6.07, 6.45) is 3.50. The van der Waals surface area contributed by atoms with Gasteiger partial charge in [0, 0.05) is 11.9 Å². The molecule has 2 N–H and O–H groups in total. The van der Waals surface area contributed by atoms with Crippen LogP contribution in [0.3, 0.4) is 0 Å². The Morgan fingerprint density at radius 3 is 2.77 bits per heavy atom. The van der Waals surface area contributed by atoms with Crippen LogP contribution in [0, 0.1) is 0 Å². The van der Waals surface area contributed by atoms with Crippen molar-refractivity contribution in [3.05, 3.63) is 48.5 Å². The molecule has 0 aliphatic rings. The molecule has 66 valence electrons. The van der Waals surface area contributed by atoms with Crippen LogP contribution in [0.15, 0.2) is 42.9 Å². The number of hydrogen-bond acceptors (Lipinski definition) is 2. The van der Waals surface area contributed by atoms with Crippen LogP contribution in [0.25, 0.3) is 0 Å². The molecule has 0 spiro atoms. The highest BCUT2D eigenvalue weighted by molar-refractivity contribution is 5.42. The molecule has 1 aromatic heterocycles. The molecule has 0 amide bonds. The largest absolute Gasteiger partial charge is 0.379 e. The highest BCUT2D eigenvalue weighted by Crippen LogP contribution is 2.06. The number of aromatic nitrogens is 2. The summed E-state index contributed by atoms with van der Waals surface area (Å²) in [4.78, 5) is 6.97. The van der Waals surface area contributed by atoms with Crippen LogP contribution in [0.5, 0.6) is 0 Å². The van der Waals surface area contributed by atoms with Gasteiger partial charge in [-0.2, -0.15) is 0 Å². The summed E-state index contributed by atoms with van der Waals surface area (Å²) in [7, 11) is 0. The minimum Gasteiger partial charge on any atom is -0.379 e.